The topological polar surface area (TPSA) is 54.2 Å². The molecule has 0 aromatic carbocycles. The summed E-state index contributed by atoms with van der Waals surface area (Å²) in [5, 5.41) is 3.64. The molecule has 0 amide bonds. The lowest BCUT2D eigenvalue weighted by Gasteiger charge is -2.46. The van der Waals surface area contributed by atoms with Crippen molar-refractivity contribution in [3.8, 4) is 0 Å². The van der Waals surface area contributed by atoms with Crippen LogP contribution in [0, 0.1) is 6.92 Å². The molecule has 114 valence electrons. The van der Waals surface area contributed by atoms with Gasteiger partial charge in [-0.2, -0.15) is 0 Å². The molecule has 1 unspecified atom stereocenters. The average Bonchev–Trinajstić information content (AvgIpc) is 2.40. The normalized spacial score (nSPS) is 13.8. The minimum absolute atomic E-state index is 0.0396. The lowest BCUT2D eigenvalue weighted by atomic mass is 9.78. The summed E-state index contributed by atoms with van der Waals surface area (Å²) in [5.74, 6) is 0.643. The largest absolute Gasteiger partial charge is 0.383 e. The zero-order chi connectivity index (χ0) is 15.3. The fourth-order valence-electron chi connectivity index (χ4n) is 3.28. The van der Waals surface area contributed by atoms with Gasteiger partial charge in [0.2, 0.25) is 0 Å². The SMILES string of the molecule is CCNC(c1c(C)ccnc1N)C(CC)(CC)N(C)C. The molecule has 0 bridgehead atoms. The minimum atomic E-state index is 0.0396. The Kier molecular flexibility index (Phi) is 5.96. The highest BCUT2D eigenvalue weighted by Gasteiger charge is 2.40. The molecule has 0 aliphatic heterocycles. The molecule has 1 atom stereocenters. The Labute approximate surface area is 123 Å². The van der Waals surface area contributed by atoms with E-state index in [4.69, 9.17) is 5.73 Å². The van der Waals surface area contributed by atoms with Gasteiger partial charge >= 0.3 is 0 Å². The van der Waals surface area contributed by atoms with Crippen molar-refractivity contribution < 1.29 is 0 Å². The van der Waals surface area contributed by atoms with Gasteiger partial charge in [0.15, 0.2) is 0 Å². The molecular formula is C16H30N4. The van der Waals surface area contributed by atoms with Gasteiger partial charge in [0.25, 0.3) is 0 Å². The van der Waals surface area contributed by atoms with Crippen LogP contribution < -0.4 is 11.1 Å². The second kappa shape index (κ2) is 7.04. The Morgan fingerprint density at radius 2 is 1.90 bits per heavy atom. The van der Waals surface area contributed by atoms with E-state index in [2.05, 4.69) is 57.0 Å². The van der Waals surface area contributed by atoms with E-state index in [1.54, 1.807) is 6.20 Å². The van der Waals surface area contributed by atoms with Gasteiger partial charge in [-0.1, -0.05) is 20.8 Å². The van der Waals surface area contributed by atoms with E-state index in [9.17, 15) is 0 Å². The molecule has 0 aliphatic rings. The number of rotatable bonds is 7. The Morgan fingerprint density at radius 3 is 2.30 bits per heavy atom. The molecule has 0 saturated carbocycles. The summed E-state index contributed by atoms with van der Waals surface area (Å²) in [4.78, 5) is 6.63. The lowest BCUT2D eigenvalue weighted by molar-refractivity contribution is 0.0888. The minimum Gasteiger partial charge on any atom is -0.383 e. The van der Waals surface area contributed by atoms with E-state index in [0.717, 1.165) is 24.9 Å². The monoisotopic (exact) mass is 278 g/mol. The van der Waals surface area contributed by atoms with Crippen LogP contribution in [0.25, 0.3) is 0 Å². The van der Waals surface area contributed by atoms with Crippen LogP contribution in [0.5, 0.6) is 0 Å². The predicted molar refractivity (Wildman–Crippen MR) is 86.8 cm³/mol. The molecule has 1 rings (SSSR count). The van der Waals surface area contributed by atoms with Crippen LogP contribution in [-0.2, 0) is 0 Å². The summed E-state index contributed by atoms with van der Waals surface area (Å²) in [5.41, 5.74) is 8.58. The highest BCUT2D eigenvalue weighted by atomic mass is 15.2. The van der Waals surface area contributed by atoms with Crippen molar-refractivity contribution in [3.63, 3.8) is 0 Å². The van der Waals surface area contributed by atoms with Crippen LogP contribution in [-0.4, -0.2) is 36.1 Å². The molecule has 0 radical (unpaired) electrons. The zero-order valence-corrected chi connectivity index (χ0v) is 13.8. The van der Waals surface area contributed by atoms with Gasteiger partial charge in [-0.05, 0) is 52.0 Å². The molecule has 1 heterocycles. The quantitative estimate of drug-likeness (QED) is 0.805. The molecule has 0 aliphatic carbocycles. The smallest absolute Gasteiger partial charge is 0.128 e. The lowest BCUT2D eigenvalue weighted by Crippen LogP contribution is -2.53. The molecule has 3 N–H and O–H groups in total. The highest BCUT2D eigenvalue weighted by Crippen LogP contribution is 2.38. The van der Waals surface area contributed by atoms with Crippen LogP contribution in [0.3, 0.4) is 0 Å². The van der Waals surface area contributed by atoms with Crippen molar-refractivity contribution in [2.45, 2.75) is 52.1 Å². The Morgan fingerprint density at radius 1 is 1.30 bits per heavy atom. The molecule has 1 aromatic rings. The van der Waals surface area contributed by atoms with Gasteiger partial charge in [-0.3, -0.25) is 0 Å². The fourth-order valence-corrected chi connectivity index (χ4v) is 3.28. The summed E-state index contributed by atoms with van der Waals surface area (Å²) in [6.07, 6.45) is 3.90. The third-order valence-corrected chi connectivity index (χ3v) is 4.59. The summed E-state index contributed by atoms with van der Waals surface area (Å²) >= 11 is 0. The number of nitrogens with one attached hydrogen (secondary N) is 1. The Bertz CT molecular complexity index is 404. The first-order valence-corrected chi connectivity index (χ1v) is 7.56. The second-order valence-corrected chi connectivity index (χ2v) is 5.62. The number of nitrogen functional groups attached to an aromatic ring is 1. The summed E-state index contributed by atoms with van der Waals surface area (Å²) in [6, 6.07) is 2.23. The predicted octanol–water partition coefficient (Wildman–Crippen LogP) is 2.74. The number of anilines is 1. The molecular weight excluding hydrogens is 248 g/mol. The molecule has 0 spiro atoms. The molecule has 4 heteroatoms. The molecule has 0 fully saturated rings. The number of aryl methyl sites for hydroxylation is 1. The number of nitrogens with zero attached hydrogens (tertiary/aromatic N) is 2. The first kappa shape index (κ1) is 16.9. The number of nitrogens with two attached hydrogens (primary N) is 1. The third-order valence-electron chi connectivity index (χ3n) is 4.59. The molecule has 4 nitrogen and oxygen atoms in total. The van der Waals surface area contributed by atoms with Crippen molar-refractivity contribution in [1.82, 2.24) is 15.2 Å². The average molecular weight is 278 g/mol. The number of likely N-dealkylation sites (N-methyl/N-ethyl adjacent to an activating group) is 2. The summed E-state index contributed by atoms with van der Waals surface area (Å²) in [6.45, 7) is 9.66. The van der Waals surface area contributed by atoms with Crippen molar-refractivity contribution in [1.29, 1.82) is 0 Å². The van der Waals surface area contributed by atoms with E-state index in [1.807, 2.05) is 6.07 Å². The van der Waals surface area contributed by atoms with Crippen LogP contribution in [0.4, 0.5) is 5.82 Å². The first-order valence-electron chi connectivity index (χ1n) is 7.56. The first-order chi connectivity index (χ1) is 9.44. The van der Waals surface area contributed by atoms with E-state index < -0.39 is 0 Å². The van der Waals surface area contributed by atoms with E-state index in [-0.39, 0.29) is 11.6 Å². The van der Waals surface area contributed by atoms with Crippen molar-refractivity contribution in [2.24, 2.45) is 0 Å². The highest BCUT2D eigenvalue weighted by molar-refractivity contribution is 5.47. The van der Waals surface area contributed by atoms with Gasteiger partial charge in [0.1, 0.15) is 5.82 Å². The van der Waals surface area contributed by atoms with Crippen LogP contribution in [0.15, 0.2) is 12.3 Å². The molecule has 0 saturated heterocycles. The maximum Gasteiger partial charge on any atom is 0.128 e. The maximum atomic E-state index is 6.19. The standard InChI is InChI=1S/C16H30N4/c1-7-16(8-2,20(5)6)14(18-9-3)13-12(4)10-11-19-15(13)17/h10-11,14,18H,7-9H2,1-6H3,(H2,17,19). The van der Waals surface area contributed by atoms with Crippen molar-refractivity contribution in [3.05, 3.63) is 23.4 Å². The summed E-state index contributed by atoms with van der Waals surface area (Å²) < 4.78 is 0. The van der Waals surface area contributed by atoms with Crippen LogP contribution >= 0.6 is 0 Å². The van der Waals surface area contributed by atoms with E-state index in [0.29, 0.717) is 5.82 Å². The second-order valence-electron chi connectivity index (χ2n) is 5.62. The van der Waals surface area contributed by atoms with Crippen LogP contribution in [0.2, 0.25) is 0 Å². The van der Waals surface area contributed by atoms with Gasteiger partial charge < -0.3 is 16.0 Å². The van der Waals surface area contributed by atoms with Gasteiger partial charge in [0.05, 0.1) is 6.04 Å². The fraction of sp³-hybridized carbons (Fsp3) is 0.688. The van der Waals surface area contributed by atoms with Gasteiger partial charge in [-0.15, -0.1) is 0 Å². The number of pyridine rings is 1. The Hall–Kier alpha value is -1.13. The number of hydrogen-bond acceptors (Lipinski definition) is 4. The third kappa shape index (κ3) is 2.96. The maximum absolute atomic E-state index is 6.19. The zero-order valence-electron chi connectivity index (χ0n) is 13.8. The Balaban J connectivity index is 3.43. The van der Waals surface area contributed by atoms with Crippen molar-refractivity contribution in [2.75, 3.05) is 26.4 Å². The van der Waals surface area contributed by atoms with E-state index >= 15 is 0 Å². The molecule has 1 aromatic heterocycles. The summed E-state index contributed by atoms with van der Waals surface area (Å²) in [7, 11) is 4.30. The van der Waals surface area contributed by atoms with Gasteiger partial charge in [0, 0.05) is 17.3 Å². The van der Waals surface area contributed by atoms with Crippen LogP contribution in [0.1, 0.15) is 50.8 Å². The number of hydrogen-bond donors (Lipinski definition) is 2. The van der Waals surface area contributed by atoms with Crippen molar-refractivity contribution >= 4 is 5.82 Å². The number of aromatic nitrogens is 1. The molecule has 20 heavy (non-hydrogen) atoms. The van der Waals surface area contributed by atoms with E-state index in [1.165, 1.54) is 5.56 Å². The van der Waals surface area contributed by atoms with Gasteiger partial charge in [-0.25, -0.2) is 4.98 Å².